The van der Waals surface area contributed by atoms with Crippen molar-refractivity contribution in [2.75, 3.05) is 0 Å². The SMILES string of the molecule is CCCCCCC(C)c1ccc(OC(=O)C2CCC(c3ccc(CCCCC)cc3)CC2)c(C#N)c1. The molecule has 36 heavy (non-hydrogen) atoms. The van der Waals surface area contributed by atoms with Gasteiger partial charge in [0.2, 0.25) is 0 Å². The number of carbonyl (C=O) groups is 1. The third-order valence-corrected chi connectivity index (χ3v) is 7.97. The molecule has 1 aliphatic carbocycles. The fourth-order valence-electron chi connectivity index (χ4n) is 5.46. The van der Waals surface area contributed by atoms with Gasteiger partial charge in [0.15, 0.2) is 0 Å². The van der Waals surface area contributed by atoms with Crippen LogP contribution in [0, 0.1) is 17.2 Å². The van der Waals surface area contributed by atoms with Crippen molar-refractivity contribution < 1.29 is 9.53 Å². The van der Waals surface area contributed by atoms with Gasteiger partial charge >= 0.3 is 5.97 Å². The number of carbonyl (C=O) groups excluding carboxylic acids is 1. The topological polar surface area (TPSA) is 50.1 Å². The first-order valence-corrected chi connectivity index (χ1v) is 14.4. The summed E-state index contributed by atoms with van der Waals surface area (Å²) in [7, 11) is 0. The molecule has 2 aromatic carbocycles. The van der Waals surface area contributed by atoms with Crippen molar-refractivity contribution in [1.82, 2.24) is 0 Å². The van der Waals surface area contributed by atoms with Gasteiger partial charge in [-0.15, -0.1) is 0 Å². The second-order valence-electron chi connectivity index (χ2n) is 10.8. The van der Waals surface area contributed by atoms with Crippen molar-refractivity contribution in [2.24, 2.45) is 5.92 Å². The van der Waals surface area contributed by atoms with E-state index in [1.165, 1.54) is 56.1 Å². The molecule has 3 rings (SSSR count). The molecule has 0 aliphatic heterocycles. The fraction of sp³-hybridized carbons (Fsp3) is 0.576. The summed E-state index contributed by atoms with van der Waals surface area (Å²) in [5.74, 6) is 1.06. The third kappa shape index (κ3) is 8.22. The quantitative estimate of drug-likeness (QED) is 0.161. The van der Waals surface area contributed by atoms with Gasteiger partial charge < -0.3 is 4.74 Å². The van der Waals surface area contributed by atoms with Gasteiger partial charge in [0, 0.05) is 0 Å². The lowest BCUT2D eigenvalue weighted by Crippen LogP contribution is -2.25. The maximum atomic E-state index is 12.9. The normalized spacial score (nSPS) is 18.4. The Balaban J connectivity index is 1.50. The van der Waals surface area contributed by atoms with E-state index in [-0.39, 0.29) is 11.9 Å². The van der Waals surface area contributed by atoms with Crippen LogP contribution in [0.3, 0.4) is 0 Å². The molecule has 194 valence electrons. The second-order valence-corrected chi connectivity index (χ2v) is 10.8. The van der Waals surface area contributed by atoms with Gasteiger partial charge in [-0.2, -0.15) is 5.26 Å². The standard InChI is InChI=1S/C33H45NO2/c1-4-6-8-10-11-25(3)30-21-22-32(31(23-30)24-34)36-33(35)29-19-17-28(18-20-29)27-15-13-26(14-16-27)12-9-7-5-2/h13-16,21-23,25,28-29H,4-12,17-20H2,1-3H3. The summed E-state index contributed by atoms with van der Waals surface area (Å²) in [6.45, 7) is 6.68. The predicted octanol–water partition coefficient (Wildman–Crippen LogP) is 9.24. The Kier molecular flexibility index (Phi) is 11.5. The molecule has 3 nitrogen and oxygen atoms in total. The molecule has 1 saturated carbocycles. The molecule has 2 aromatic rings. The molecule has 0 N–H and O–H groups in total. The number of esters is 1. The minimum Gasteiger partial charge on any atom is -0.425 e. The number of ether oxygens (including phenoxy) is 1. The molecule has 0 bridgehead atoms. The molecule has 1 fully saturated rings. The highest BCUT2D eigenvalue weighted by molar-refractivity contribution is 5.76. The fourth-order valence-corrected chi connectivity index (χ4v) is 5.46. The average Bonchev–Trinajstić information content (AvgIpc) is 2.92. The van der Waals surface area contributed by atoms with Gasteiger partial charge in [-0.05, 0) is 85.6 Å². The first-order chi connectivity index (χ1) is 17.5. The molecular weight excluding hydrogens is 442 g/mol. The minimum atomic E-state index is -0.184. The minimum absolute atomic E-state index is 0.0849. The number of benzene rings is 2. The van der Waals surface area contributed by atoms with E-state index in [1.54, 1.807) is 0 Å². The van der Waals surface area contributed by atoms with E-state index < -0.39 is 0 Å². The first kappa shape index (κ1) is 28.0. The smallest absolute Gasteiger partial charge is 0.314 e. The van der Waals surface area contributed by atoms with Crippen molar-refractivity contribution in [1.29, 1.82) is 5.26 Å². The Morgan fingerprint density at radius 3 is 2.31 bits per heavy atom. The number of nitrogens with zero attached hydrogens (tertiary/aromatic N) is 1. The van der Waals surface area contributed by atoms with Crippen molar-refractivity contribution in [3.8, 4) is 11.8 Å². The number of rotatable bonds is 13. The van der Waals surface area contributed by atoms with Crippen LogP contribution in [-0.4, -0.2) is 5.97 Å². The molecule has 0 aromatic heterocycles. The Labute approximate surface area is 219 Å². The molecule has 0 spiro atoms. The van der Waals surface area contributed by atoms with Crippen LogP contribution in [0.15, 0.2) is 42.5 Å². The van der Waals surface area contributed by atoms with Crippen LogP contribution in [0.4, 0.5) is 0 Å². The van der Waals surface area contributed by atoms with Gasteiger partial charge in [0.05, 0.1) is 11.5 Å². The first-order valence-electron chi connectivity index (χ1n) is 14.4. The van der Waals surface area contributed by atoms with E-state index in [0.717, 1.165) is 44.1 Å². The highest BCUT2D eigenvalue weighted by Crippen LogP contribution is 2.37. The zero-order chi connectivity index (χ0) is 25.8. The average molecular weight is 488 g/mol. The Bertz CT molecular complexity index is 980. The van der Waals surface area contributed by atoms with E-state index >= 15 is 0 Å². The highest BCUT2D eigenvalue weighted by atomic mass is 16.5. The molecule has 3 heteroatoms. The van der Waals surface area contributed by atoms with Crippen LogP contribution in [0.25, 0.3) is 0 Å². The summed E-state index contributed by atoms with van der Waals surface area (Å²) < 4.78 is 5.77. The van der Waals surface area contributed by atoms with Crippen molar-refractivity contribution in [3.05, 3.63) is 64.7 Å². The van der Waals surface area contributed by atoms with Gasteiger partial charge in [-0.25, -0.2) is 0 Å². The number of hydrogen-bond donors (Lipinski definition) is 0. The maximum Gasteiger partial charge on any atom is 0.314 e. The largest absolute Gasteiger partial charge is 0.425 e. The summed E-state index contributed by atoms with van der Waals surface area (Å²) >= 11 is 0. The van der Waals surface area contributed by atoms with E-state index in [2.05, 4.69) is 51.1 Å². The monoisotopic (exact) mass is 487 g/mol. The summed E-state index contributed by atoms with van der Waals surface area (Å²) in [6, 6.07) is 17.1. The number of aryl methyl sites for hydroxylation is 1. The molecule has 1 aliphatic rings. The van der Waals surface area contributed by atoms with Crippen molar-refractivity contribution in [3.63, 3.8) is 0 Å². The van der Waals surface area contributed by atoms with Gasteiger partial charge in [0.25, 0.3) is 0 Å². The lowest BCUT2D eigenvalue weighted by atomic mass is 9.78. The van der Waals surface area contributed by atoms with Gasteiger partial charge in [-0.3, -0.25) is 4.79 Å². The number of nitriles is 1. The Hall–Kier alpha value is -2.60. The van der Waals surface area contributed by atoms with Crippen LogP contribution in [-0.2, 0) is 11.2 Å². The summed E-state index contributed by atoms with van der Waals surface area (Å²) in [5.41, 5.74) is 4.44. The van der Waals surface area contributed by atoms with Crippen LogP contribution in [0.2, 0.25) is 0 Å². The molecule has 0 saturated heterocycles. The maximum absolute atomic E-state index is 12.9. The Morgan fingerprint density at radius 1 is 0.944 bits per heavy atom. The summed E-state index contributed by atoms with van der Waals surface area (Å²) in [4.78, 5) is 12.9. The van der Waals surface area contributed by atoms with E-state index in [9.17, 15) is 10.1 Å². The zero-order valence-electron chi connectivity index (χ0n) is 22.7. The third-order valence-electron chi connectivity index (χ3n) is 7.97. The van der Waals surface area contributed by atoms with Gasteiger partial charge in [-0.1, -0.05) is 89.6 Å². The van der Waals surface area contributed by atoms with E-state index in [1.807, 2.05) is 18.2 Å². The van der Waals surface area contributed by atoms with Crippen molar-refractivity contribution >= 4 is 5.97 Å². The van der Waals surface area contributed by atoms with Crippen molar-refractivity contribution in [2.45, 2.75) is 116 Å². The molecule has 0 radical (unpaired) electrons. The molecule has 1 atom stereocenters. The second kappa shape index (κ2) is 14.8. The summed E-state index contributed by atoms with van der Waals surface area (Å²) in [6.07, 6.45) is 14.8. The van der Waals surface area contributed by atoms with Gasteiger partial charge in [0.1, 0.15) is 11.8 Å². The Morgan fingerprint density at radius 2 is 1.64 bits per heavy atom. The van der Waals surface area contributed by atoms with Crippen LogP contribution >= 0.6 is 0 Å². The number of unbranched alkanes of at least 4 members (excludes halogenated alkanes) is 5. The zero-order valence-corrected chi connectivity index (χ0v) is 22.7. The lowest BCUT2D eigenvalue weighted by molar-refractivity contribution is -0.140. The molecule has 1 unspecified atom stereocenters. The van der Waals surface area contributed by atoms with E-state index in [0.29, 0.717) is 23.1 Å². The summed E-state index contributed by atoms with van der Waals surface area (Å²) in [5, 5.41) is 9.69. The van der Waals surface area contributed by atoms with E-state index in [4.69, 9.17) is 4.74 Å². The molecule has 0 amide bonds. The van der Waals surface area contributed by atoms with Crippen LogP contribution in [0.5, 0.6) is 5.75 Å². The highest BCUT2D eigenvalue weighted by Gasteiger charge is 2.29. The predicted molar refractivity (Wildman–Crippen MR) is 148 cm³/mol. The molecule has 0 heterocycles. The molecular formula is C33H45NO2. The van der Waals surface area contributed by atoms with Crippen LogP contribution in [0.1, 0.15) is 132 Å². The lowest BCUT2D eigenvalue weighted by Gasteiger charge is -2.27. The number of hydrogen-bond acceptors (Lipinski definition) is 3. The van der Waals surface area contributed by atoms with Crippen LogP contribution < -0.4 is 4.74 Å².